The van der Waals surface area contributed by atoms with Gasteiger partial charge in [0.25, 0.3) is 0 Å². The van der Waals surface area contributed by atoms with Crippen molar-refractivity contribution in [2.24, 2.45) is 0 Å². The average Bonchev–Trinajstić information content (AvgIpc) is 2.46. The highest BCUT2D eigenvalue weighted by molar-refractivity contribution is 9.10. The summed E-state index contributed by atoms with van der Waals surface area (Å²) in [6.07, 6.45) is -4.51. The van der Waals surface area contributed by atoms with Crippen LogP contribution >= 0.6 is 15.9 Å². The molecule has 0 aromatic carbocycles. The molecule has 1 N–H and O–H groups in total. The molecule has 0 unspecified atom stereocenters. The zero-order valence-corrected chi connectivity index (χ0v) is 9.37. The Bertz CT molecular complexity index is 372. The van der Waals surface area contributed by atoms with E-state index in [4.69, 9.17) is 4.74 Å². The van der Waals surface area contributed by atoms with E-state index >= 15 is 0 Å². The normalized spacial score (nSPS) is 11.5. The van der Waals surface area contributed by atoms with Crippen molar-refractivity contribution in [1.82, 2.24) is 10.2 Å². The minimum atomic E-state index is -4.51. The molecular weight excluding hydrogens is 277 g/mol. The lowest BCUT2D eigenvalue weighted by atomic mass is 10.2. The molecular formula is C8H8BrF3N2O. The van der Waals surface area contributed by atoms with Gasteiger partial charge in [0, 0.05) is 0 Å². The minimum Gasteiger partial charge on any atom is -0.494 e. The van der Waals surface area contributed by atoms with Gasteiger partial charge in [0.05, 0.1) is 12.2 Å². The van der Waals surface area contributed by atoms with Gasteiger partial charge in [0.15, 0.2) is 5.69 Å². The molecule has 0 radical (unpaired) electrons. The molecule has 0 saturated carbocycles. The largest absolute Gasteiger partial charge is 0.494 e. The van der Waals surface area contributed by atoms with Crippen LogP contribution in [-0.2, 0) is 10.9 Å². The van der Waals surface area contributed by atoms with E-state index in [1.807, 2.05) is 5.10 Å². The first-order valence-corrected chi connectivity index (χ1v) is 4.80. The molecule has 0 spiro atoms. The molecule has 1 heterocycles. The van der Waals surface area contributed by atoms with Crippen LogP contribution in [0, 0.1) is 0 Å². The highest BCUT2D eigenvalue weighted by Crippen LogP contribution is 2.36. The van der Waals surface area contributed by atoms with E-state index in [1.54, 1.807) is 6.92 Å². The van der Waals surface area contributed by atoms with Crippen LogP contribution in [0.15, 0.2) is 11.2 Å². The highest BCUT2D eigenvalue weighted by Gasteiger charge is 2.38. The summed E-state index contributed by atoms with van der Waals surface area (Å²) >= 11 is 2.90. The van der Waals surface area contributed by atoms with Crippen molar-refractivity contribution in [2.75, 3.05) is 6.61 Å². The Hall–Kier alpha value is -0.980. The molecule has 3 nitrogen and oxygen atoms in total. The molecule has 0 bridgehead atoms. The van der Waals surface area contributed by atoms with Gasteiger partial charge >= 0.3 is 6.18 Å². The third-order valence-corrected chi connectivity index (χ3v) is 2.18. The number of rotatable bonds is 3. The van der Waals surface area contributed by atoms with Gasteiger partial charge in [-0.1, -0.05) is 6.58 Å². The third-order valence-electron chi connectivity index (χ3n) is 1.60. The first-order valence-electron chi connectivity index (χ1n) is 4.01. The average molecular weight is 285 g/mol. The number of ether oxygens (including phenoxy) is 1. The molecule has 0 aliphatic heterocycles. The van der Waals surface area contributed by atoms with E-state index in [2.05, 4.69) is 27.6 Å². The molecule has 15 heavy (non-hydrogen) atoms. The summed E-state index contributed by atoms with van der Waals surface area (Å²) in [4.78, 5) is 0. The molecule has 0 aliphatic rings. The summed E-state index contributed by atoms with van der Waals surface area (Å²) in [6.45, 7) is 5.31. The fourth-order valence-corrected chi connectivity index (χ4v) is 1.53. The van der Waals surface area contributed by atoms with Crippen molar-refractivity contribution < 1.29 is 17.9 Å². The topological polar surface area (TPSA) is 37.9 Å². The van der Waals surface area contributed by atoms with Crippen LogP contribution in [0.25, 0.3) is 5.76 Å². The monoisotopic (exact) mass is 284 g/mol. The molecule has 84 valence electrons. The van der Waals surface area contributed by atoms with Gasteiger partial charge in [0.1, 0.15) is 10.4 Å². The van der Waals surface area contributed by atoms with E-state index in [0.29, 0.717) is 0 Å². The van der Waals surface area contributed by atoms with E-state index in [9.17, 15) is 13.2 Å². The summed E-state index contributed by atoms with van der Waals surface area (Å²) in [5.74, 6) is -0.0644. The Morgan fingerprint density at radius 1 is 1.60 bits per heavy atom. The second-order valence-electron chi connectivity index (χ2n) is 2.62. The Balaban J connectivity index is 3.16. The number of hydrogen-bond donors (Lipinski definition) is 1. The van der Waals surface area contributed by atoms with Crippen molar-refractivity contribution in [3.63, 3.8) is 0 Å². The Labute approximate surface area is 92.4 Å². The van der Waals surface area contributed by atoms with Crippen LogP contribution in [-0.4, -0.2) is 16.8 Å². The number of alkyl halides is 3. The van der Waals surface area contributed by atoms with Crippen molar-refractivity contribution in [1.29, 1.82) is 0 Å². The number of nitrogens with one attached hydrogen (secondary N) is 1. The van der Waals surface area contributed by atoms with Crippen LogP contribution in [0.5, 0.6) is 0 Å². The molecule has 1 aromatic rings. The summed E-state index contributed by atoms with van der Waals surface area (Å²) in [5, 5.41) is 5.31. The number of hydrogen-bond acceptors (Lipinski definition) is 2. The van der Waals surface area contributed by atoms with Crippen molar-refractivity contribution in [3.8, 4) is 0 Å². The summed E-state index contributed by atoms with van der Waals surface area (Å²) in [6, 6.07) is 0. The fourth-order valence-electron chi connectivity index (χ4n) is 1.03. The maximum atomic E-state index is 12.5. The first kappa shape index (κ1) is 12.1. The number of aromatic nitrogens is 2. The van der Waals surface area contributed by atoms with Gasteiger partial charge in [-0.25, -0.2) is 0 Å². The van der Waals surface area contributed by atoms with Crippen molar-refractivity contribution in [2.45, 2.75) is 13.1 Å². The fraction of sp³-hybridized carbons (Fsp3) is 0.375. The second kappa shape index (κ2) is 4.26. The van der Waals surface area contributed by atoms with E-state index < -0.39 is 11.9 Å². The lowest BCUT2D eigenvalue weighted by Crippen LogP contribution is -2.09. The Morgan fingerprint density at radius 3 is 2.67 bits per heavy atom. The molecule has 7 heteroatoms. The van der Waals surface area contributed by atoms with Gasteiger partial charge in [-0.2, -0.15) is 18.3 Å². The van der Waals surface area contributed by atoms with Gasteiger partial charge in [-0.05, 0) is 22.9 Å². The molecule has 1 rings (SSSR count). The van der Waals surface area contributed by atoms with Crippen LogP contribution in [0.2, 0.25) is 0 Å². The first-order chi connectivity index (χ1) is 6.88. The summed E-state index contributed by atoms with van der Waals surface area (Å²) in [7, 11) is 0. The molecule has 0 atom stereocenters. The number of H-pyrrole nitrogens is 1. The van der Waals surface area contributed by atoms with Gasteiger partial charge in [-0.15, -0.1) is 0 Å². The smallest absolute Gasteiger partial charge is 0.433 e. The standard InChI is InChI=1S/C8H8BrF3N2O/c1-3-15-4(2)5-6(8(10,11)12)13-14-7(5)9/h2-3H2,1H3,(H,13,14). The quantitative estimate of drug-likeness (QED) is 0.866. The summed E-state index contributed by atoms with van der Waals surface area (Å²) < 4.78 is 42.4. The number of aromatic amines is 1. The van der Waals surface area contributed by atoms with Crippen LogP contribution in [0.4, 0.5) is 13.2 Å². The molecule has 0 aliphatic carbocycles. The minimum absolute atomic E-state index is 0.0354. The highest BCUT2D eigenvalue weighted by atomic mass is 79.9. The Kier molecular flexibility index (Phi) is 3.43. The molecule has 0 saturated heterocycles. The number of nitrogens with zero attached hydrogens (tertiary/aromatic N) is 1. The van der Waals surface area contributed by atoms with Crippen molar-refractivity contribution >= 4 is 21.7 Å². The van der Waals surface area contributed by atoms with E-state index in [1.165, 1.54) is 0 Å². The molecule has 0 amide bonds. The van der Waals surface area contributed by atoms with Crippen LogP contribution < -0.4 is 0 Å². The van der Waals surface area contributed by atoms with Crippen LogP contribution in [0.1, 0.15) is 18.2 Å². The third kappa shape index (κ3) is 2.53. The SMILES string of the molecule is C=C(OCC)c1c(Br)n[nH]c1C(F)(F)F. The van der Waals surface area contributed by atoms with Gasteiger partial charge in [-0.3, -0.25) is 5.10 Å². The van der Waals surface area contributed by atoms with Gasteiger partial charge < -0.3 is 4.74 Å². The molecule has 0 fully saturated rings. The predicted octanol–water partition coefficient (Wildman–Crippen LogP) is 3.20. The predicted molar refractivity (Wildman–Crippen MR) is 51.9 cm³/mol. The number of halogens is 4. The van der Waals surface area contributed by atoms with Crippen molar-refractivity contribution in [3.05, 3.63) is 22.4 Å². The van der Waals surface area contributed by atoms with Crippen LogP contribution in [0.3, 0.4) is 0 Å². The Morgan fingerprint density at radius 2 is 2.20 bits per heavy atom. The maximum Gasteiger partial charge on any atom is 0.433 e. The van der Waals surface area contributed by atoms with Gasteiger partial charge in [0.2, 0.25) is 0 Å². The zero-order chi connectivity index (χ0) is 11.6. The lowest BCUT2D eigenvalue weighted by Gasteiger charge is -2.09. The maximum absolute atomic E-state index is 12.5. The molecule has 1 aromatic heterocycles. The lowest BCUT2D eigenvalue weighted by molar-refractivity contribution is -0.141. The zero-order valence-electron chi connectivity index (χ0n) is 7.78. The van der Waals surface area contributed by atoms with E-state index in [0.717, 1.165) is 0 Å². The second-order valence-corrected chi connectivity index (χ2v) is 3.37. The van der Waals surface area contributed by atoms with E-state index in [-0.39, 0.29) is 22.5 Å². The summed E-state index contributed by atoms with van der Waals surface area (Å²) in [5.41, 5.74) is -1.16.